The van der Waals surface area contributed by atoms with E-state index in [1.807, 2.05) is 0 Å². The first kappa shape index (κ1) is 13.8. The molecule has 17 heavy (non-hydrogen) atoms. The number of carbonyl (C=O) groups excluding carboxylic acids is 1. The first-order chi connectivity index (χ1) is 8.08. The summed E-state index contributed by atoms with van der Waals surface area (Å²) in [6.45, 7) is 0.258. The zero-order valence-corrected chi connectivity index (χ0v) is 10.5. The van der Waals surface area contributed by atoms with Crippen molar-refractivity contribution < 1.29 is 14.3 Å². The molecule has 0 spiro atoms. The van der Waals surface area contributed by atoms with Crippen LogP contribution in [0, 0.1) is 0 Å². The molecule has 0 bridgehead atoms. The van der Waals surface area contributed by atoms with Crippen molar-refractivity contribution in [2.24, 2.45) is 0 Å². The molecule has 0 unspecified atom stereocenters. The summed E-state index contributed by atoms with van der Waals surface area (Å²) in [6, 6.07) is 4.70. The van der Waals surface area contributed by atoms with E-state index in [9.17, 15) is 4.79 Å². The molecule has 0 aliphatic rings. The van der Waals surface area contributed by atoms with Gasteiger partial charge in [0.1, 0.15) is 0 Å². The fraction of sp³-hybridized carbons (Fsp3) is 0.364. The van der Waals surface area contributed by atoms with Gasteiger partial charge >= 0.3 is 0 Å². The maximum absolute atomic E-state index is 11.7. The van der Waals surface area contributed by atoms with Gasteiger partial charge in [0.15, 0.2) is 6.29 Å². The van der Waals surface area contributed by atoms with Crippen LogP contribution in [0.3, 0.4) is 0 Å². The summed E-state index contributed by atoms with van der Waals surface area (Å²) >= 11 is 5.82. The number of hydrogen-bond donors (Lipinski definition) is 2. The van der Waals surface area contributed by atoms with Crippen molar-refractivity contribution in [3.8, 4) is 0 Å². The fourth-order valence-electron chi connectivity index (χ4n) is 1.21. The lowest BCUT2D eigenvalue weighted by atomic mass is 10.2. The highest BCUT2D eigenvalue weighted by Crippen LogP contribution is 2.19. The SMILES string of the molecule is COC(CNC(=O)c1ccc(N)c(Cl)c1)OC. The van der Waals surface area contributed by atoms with Gasteiger partial charge in [-0.15, -0.1) is 0 Å². The van der Waals surface area contributed by atoms with E-state index in [2.05, 4.69) is 5.32 Å². The van der Waals surface area contributed by atoms with Crippen molar-refractivity contribution in [3.63, 3.8) is 0 Å². The number of nitrogens with two attached hydrogens (primary N) is 1. The van der Waals surface area contributed by atoms with Gasteiger partial charge in [0.25, 0.3) is 5.91 Å². The van der Waals surface area contributed by atoms with Crippen LogP contribution < -0.4 is 11.1 Å². The van der Waals surface area contributed by atoms with Gasteiger partial charge in [-0.25, -0.2) is 0 Å². The molecule has 0 aliphatic carbocycles. The molecule has 1 rings (SSSR count). The molecule has 0 saturated heterocycles. The molecule has 6 heteroatoms. The first-order valence-electron chi connectivity index (χ1n) is 4.97. The Labute approximate surface area is 105 Å². The van der Waals surface area contributed by atoms with Crippen molar-refractivity contribution in [2.45, 2.75) is 6.29 Å². The van der Waals surface area contributed by atoms with E-state index in [0.29, 0.717) is 16.3 Å². The number of anilines is 1. The average Bonchev–Trinajstić information content (AvgIpc) is 2.33. The number of rotatable bonds is 5. The second-order valence-corrected chi connectivity index (χ2v) is 3.75. The van der Waals surface area contributed by atoms with Crippen molar-refractivity contribution in [3.05, 3.63) is 28.8 Å². The lowest BCUT2D eigenvalue weighted by molar-refractivity contribution is -0.0974. The molecule has 1 amide bonds. The Kier molecular flexibility index (Phi) is 5.21. The minimum atomic E-state index is -0.469. The van der Waals surface area contributed by atoms with Gasteiger partial charge in [0, 0.05) is 19.8 Å². The molecule has 1 aromatic carbocycles. The minimum absolute atomic E-state index is 0.258. The molecule has 5 nitrogen and oxygen atoms in total. The van der Waals surface area contributed by atoms with Crippen LogP contribution in [0.15, 0.2) is 18.2 Å². The van der Waals surface area contributed by atoms with Crippen LogP contribution in [-0.4, -0.2) is 33.0 Å². The van der Waals surface area contributed by atoms with Crippen LogP contribution in [-0.2, 0) is 9.47 Å². The van der Waals surface area contributed by atoms with Gasteiger partial charge in [-0.3, -0.25) is 4.79 Å². The molecule has 0 heterocycles. The van der Waals surface area contributed by atoms with Gasteiger partial charge in [-0.2, -0.15) is 0 Å². The highest BCUT2D eigenvalue weighted by molar-refractivity contribution is 6.33. The lowest BCUT2D eigenvalue weighted by Crippen LogP contribution is -2.34. The van der Waals surface area contributed by atoms with Gasteiger partial charge < -0.3 is 20.5 Å². The van der Waals surface area contributed by atoms with E-state index < -0.39 is 6.29 Å². The maximum Gasteiger partial charge on any atom is 0.251 e. The standard InChI is InChI=1S/C11H15ClN2O3/c1-16-10(17-2)6-14-11(15)7-3-4-9(13)8(12)5-7/h3-5,10H,6,13H2,1-2H3,(H,14,15). The number of nitrogen functional groups attached to an aromatic ring is 1. The van der Waals surface area contributed by atoms with Crippen LogP contribution in [0.25, 0.3) is 0 Å². The number of carbonyl (C=O) groups is 1. The largest absolute Gasteiger partial charge is 0.398 e. The molecule has 3 N–H and O–H groups in total. The van der Waals surface area contributed by atoms with Crippen LogP contribution >= 0.6 is 11.6 Å². The molecule has 0 saturated carbocycles. The van der Waals surface area contributed by atoms with Gasteiger partial charge in [0.05, 0.1) is 17.3 Å². The molecular weight excluding hydrogens is 244 g/mol. The van der Waals surface area contributed by atoms with Crippen LogP contribution in [0.2, 0.25) is 5.02 Å². The zero-order valence-electron chi connectivity index (χ0n) is 9.70. The number of hydrogen-bond acceptors (Lipinski definition) is 4. The molecule has 0 aromatic heterocycles. The summed E-state index contributed by atoms with van der Waals surface area (Å²) in [5.41, 5.74) is 6.43. The minimum Gasteiger partial charge on any atom is -0.398 e. The monoisotopic (exact) mass is 258 g/mol. The Bertz CT molecular complexity index is 394. The van der Waals surface area contributed by atoms with Crippen LogP contribution in [0.1, 0.15) is 10.4 Å². The first-order valence-corrected chi connectivity index (χ1v) is 5.35. The van der Waals surface area contributed by atoms with Crippen molar-refractivity contribution in [2.75, 3.05) is 26.5 Å². The molecule has 94 valence electrons. The Morgan fingerprint density at radius 1 is 1.47 bits per heavy atom. The van der Waals surface area contributed by atoms with E-state index in [4.69, 9.17) is 26.8 Å². The number of amides is 1. The van der Waals surface area contributed by atoms with Crippen molar-refractivity contribution >= 4 is 23.2 Å². The number of nitrogens with one attached hydrogen (secondary N) is 1. The summed E-state index contributed by atoms with van der Waals surface area (Å²) < 4.78 is 9.89. The summed E-state index contributed by atoms with van der Waals surface area (Å²) in [5, 5.41) is 3.01. The molecule has 0 radical (unpaired) electrons. The van der Waals surface area contributed by atoms with Crippen molar-refractivity contribution in [1.82, 2.24) is 5.32 Å². The molecule has 1 aromatic rings. The van der Waals surface area contributed by atoms with Gasteiger partial charge in [-0.1, -0.05) is 11.6 Å². The molecule has 0 aliphatic heterocycles. The van der Waals surface area contributed by atoms with Crippen molar-refractivity contribution in [1.29, 1.82) is 0 Å². The summed E-state index contributed by atoms with van der Waals surface area (Å²) in [7, 11) is 3.00. The van der Waals surface area contributed by atoms with E-state index in [1.165, 1.54) is 20.3 Å². The predicted molar refractivity (Wildman–Crippen MR) is 66.0 cm³/mol. The van der Waals surface area contributed by atoms with Gasteiger partial charge in [0.2, 0.25) is 0 Å². The Morgan fingerprint density at radius 3 is 2.65 bits per heavy atom. The fourth-order valence-corrected chi connectivity index (χ4v) is 1.39. The van der Waals surface area contributed by atoms with E-state index >= 15 is 0 Å². The second kappa shape index (κ2) is 6.44. The Balaban J connectivity index is 2.61. The third kappa shape index (κ3) is 3.89. The average molecular weight is 259 g/mol. The Morgan fingerprint density at radius 2 is 2.12 bits per heavy atom. The third-order valence-corrected chi connectivity index (χ3v) is 2.55. The summed E-state index contributed by atoms with van der Waals surface area (Å²) in [4.78, 5) is 11.7. The molecular formula is C11H15ClN2O3. The highest BCUT2D eigenvalue weighted by atomic mass is 35.5. The Hall–Kier alpha value is -1.30. The summed E-state index contributed by atoms with van der Waals surface area (Å²) in [5.74, 6) is -0.258. The predicted octanol–water partition coefficient (Wildman–Crippen LogP) is 1.27. The summed E-state index contributed by atoms with van der Waals surface area (Å²) in [6.07, 6.45) is -0.469. The van der Waals surface area contributed by atoms with Crippen LogP contribution in [0.5, 0.6) is 0 Å². The number of benzene rings is 1. The van der Waals surface area contributed by atoms with E-state index in [0.717, 1.165) is 0 Å². The van der Waals surface area contributed by atoms with E-state index in [-0.39, 0.29) is 12.5 Å². The molecule has 0 fully saturated rings. The third-order valence-electron chi connectivity index (χ3n) is 2.22. The molecule has 0 atom stereocenters. The van der Waals surface area contributed by atoms with Crippen LogP contribution in [0.4, 0.5) is 5.69 Å². The second-order valence-electron chi connectivity index (χ2n) is 3.35. The lowest BCUT2D eigenvalue weighted by Gasteiger charge is -2.14. The number of methoxy groups -OCH3 is 2. The number of halogens is 1. The smallest absolute Gasteiger partial charge is 0.251 e. The highest BCUT2D eigenvalue weighted by Gasteiger charge is 2.10. The maximum atomic E-state index is 11.7. The van der Waals surface area contributed by atoms with Gasteiger partial charge in [-0.05, 0) is 18.2 Å². The zero-order chi connectivity index (χ0) is 12.8. The van der Waals surface area contributed by atoms with E-state index in [1.54, 1.807) is 12.1 Å². The number of ether oxygens (including phenoxy) is 2. The quantitative estimate of drug-likeness (QED) is 0.616. The normalized spacial score (nSPS) is 10.6. The topological polar surface area (TPSA) is 73.6 Å².